The van der Waals surface area contributed by atoms with Crippen LogP contribution in [0.5, 0.6) is 0 Å². The molecule has 0 unspecified atom stereocenters. The molecule has 1 aliphatic heterocycles. The zero-order valence-corrected chi connectivity index (χ0v) is 9.53. The second-order valence-electron chi connectivity index (χ2n) is 4.35. The maximum Gasteiger partial charge on any atom is 0.164 e. The van der Waals surface area contributed by atoms with Crippen molar-refractivity contribution in [3.8, 4) is 0 Å². The second kappa shape index (κ2) is 3.67. The molecule has 1 aliphatic carbocycles. The van der Waals surface area contributed by atoms with Crippen molar-refractivity contribution >= 4 is 17.5 Å². The SMILES string of the molecule is O=C1CCCSc2cc3c(cc21)CCC3. The lowest BCUT2D eigenvalue weighted by molar-refractivity contribution is 0.0980. The van der Waals surface area contributed by atoms with Crippen molar-refractivity contribution in [3.63, 3.8) is 0 Å². The number of carbonyl (C=O) groups is 1. The lowest BCUT2D eigenvalue weighted by Crippen LogP contribution is -2.00. The van der Waals surface area contributed by atoms with Gasteiger partial charge in [-0.05, 0) is 54.7 Å². The number of thioether (sulfide) groups is 1. The summed E-state index contributed by atoms with van der Waals surface area (Å²) < 4.78 is 0. The van der Waals surface area contributed by atoms with E-state index in [2.05, 4.69) is 12.1 Å². The smallest absolute Gasteiger partial charge is 0.164 e. The molecule has 0 radical (unpaired) electrons. The van der Waals surface area contributed by atoms with Crippen molar-refractivity contribution in [1.29, 1.82) is 0 Å². The summed E-state index contributed by atoms with van der Waals surface area (Å²) in [7, 11) is 0. The van der Waals surface area contributed by atoms with Gasteiger partial charge in [-0.25, -0.2) is 0 Å². The number of carbonyl (C=O) groups excluding carboxylic acids is 1. The first-order valence-electron chi connectivity index (χ1n) is 5.66. The van der Waals surface area contributed by atoms with Crippen molar-refractivity contribution in [2.24, 2.45) is 0 Å². The molecule has 0 amide bonds. The summed E-state index contributed by atoms with van der Waals surface area (Å²) in [5.41, 5.74) is 3.90. The lowest BCUT2D eigenvalue weighted by Gasteiger charge is -2.07. The van der Waals surface area contributed by atoms with Crippen molar-refractivity contribution < 1.29 is 4.79 Å². The van der Waals surface area contributed by atoms with Gasteiger partial charge < -0.3 is 0 Å². The molecule has 1 heterocycles. The van der Waals surface area contributed by atoms with Crippen molar-refractivity contribution in [2.75, 3.05) is 5.75 Å². The topological polar surface area (TPSA) is 17.1 Å². The number of rotatable bonds is 0. The van der Waals surface area contributed by atoms with Crippen molar-refractivity contribution in [1.82, 2.24) is 0 Å². The number of fused-ring (bicyclic) bond motifs is 2. The average molecular weight is 218 g/mol. The molecule has 15 heavy (non-hydrogen) atoms. The maximum absolute atomic E-state index is 11.9. The fourth-order valence-corrected chi connectivity index (χ4v) is 3.55. The quantitative estimate of drug-likeness (QED) is 0.665. The molecule has 1 nitrogen and oxygen atoms in total. The third-order valence-corrected chi connectivity index (χ3v) is 4.44. The Morgan fingerprint density at radius 3 is 2.67 bits per heavy atom. The summed E-state index contributed by atoms with van der Waals surface area (Å²) in [6, 6.07) is 4.43. The Morgan fingerprint density at radius 2 is 1.80 bits per heavy atom. The Kier molecular flexibility index (Phi) is 2.32. The molecule has 1 aromatic carbocycles. The molecular weight excluding hydrogens is 204 g/mol. The molecule has 0 spiro atoms. The van der Waals surface area contributed by atoms with E-state index < -0.39 is 0 Å². The van der Waals surface area contributed by atoms with E-state index >= 15 is 0 Å². The molecule has 3 rings (SSSR count). The van der Waals surface area contributed by atoms with Crippen LogP contribution in [0, 0.1) is 0 Å². The van der Waals surface area contributed by atoms with E-state index in [0.29, 0.717) is 5.78 Å². The zero-order chi connectivity index (χ0) is 10.3. The van der Waals surface area contributed by atoms with Crippen molar-refractivity contribution in [2.45, 2.75) is 37.0 Å². The summed E-state index contributed by atoms with van der Waals surface area (Å²) in [6.45, 7) is 0. The Bertz CT molecular complexity index is 423. The van der Waals surface area contributed by atoms with Crippen molar-refractivity contribution in [3.05, 3.63) is 28.8 Å². The van der Waals surface area contributed by atoms with Crippen LogP contribution in [0.15, 0.2) is 17.0 Å². The van der Waals surface area contributed by atoms with Crippen LogP contribution in [0.3, 0.4) is 0 Å². The molecule has 78 valence electrons. The lowest BCUT2D eigenvalue weighted by atomic mass is 10.0. The summed E-state index contributed by atoms with van der Waals surface area (Å²) in [5, 5.41) is 0. The van der Waals surface area contributed by atoms with Gasteiger partial charge in [0.1, 0.15) is 0 Å². The van der Waals surface area contributed by atoms with Gasteiger partial charge in [-0.2, -0.15) is 0 Å². The van der Waals surface area contributed by atoms with E-state index in [9.17, 15) is 4.79 Å². The van der Waals surface area contributed by atoms with E-state index in [1.54, 1.807) is 0 Å². The summed E-state index contributed by atoms with van der Waals surface area (Å²) in [6.07, 6.45) is 5.40. The van der Waals surface area contributed by atoms with Gasteiger partial charge in [0.05, 0.1) is 0 Å². The number of ketones is 1. The summed E-state index contributed by atoms with van der Waals surface area (Å²) in [4.78, 5) is 13.1. The van der Waals surface area contributed by atoms with E-state index in [-0.39, 0.29) is 0 Å². The molecule has 2 heteroatoms. The zero-order valence-electron chi connectivity index (χ0n) is 8.71. The summed E-state index contributed by atoms with van der Waals surface area (Å²) in [5.74, 6) is 1.45. The van der Waals surface area contributed by atoms with Crippen LogP contribution in [0.25, 0.3) is 0 Å². The third kappa shape index (κ3) is 1.61. The molecule has 1 aromatic rings. The highest BCUT2D eigenvalue weighted by molar-refractivity contribution is 7.99. The van der Waals surface area contributed by atoms with Crippen LogP contribution in [0.4, 0.5) is 0 Å². The number of Topliss-reactive ketones (excluding diaryl/α,β-unsaturated/α-hetero) is 1. The molecule has 0 aromatic heterocycles. The molecule has 0 saturated heterocycles. The maximum atomic E-state index is 11.9. The third-order valence-electron chi connectivity index (χ3n) is 3.30. The first-order chi connectivity index (χ1) is 7.34. The normalized spacial score (nSPS) is 19.6. The second-order valence-corrected chi connectivity index (χ2v) is 5.48. The minimum absolute atomic E-state index is 0.352. The minimum Gasteiger partial charge on any atom is -0.294 e. The van der Waals surface area contributed by atoms with Gasteiger partial charge >= 0.3 is 0 Å². The van der Waals surface area contributed by atoms with Crippen LogP contribution in [0.2, 0.25) is 0 Å². The Labute approximate surface area is 94.3 Å². The number of aryl methyl sites for hydroxylation is 2. The molecule has 0 N–H and O–H groups in total. The van der Waals surface area contributed by atoms with E-state index in [1.165, 1.54) is 35.3 Å². The van der Waals surface area contributed by atoms with Crippen LogP contribution < -0.4 is 0 Å². The van der Waals surface area contributed by atoms with E-state index in [0.717, 1.165) is 24.2 Å². The van der Waals surface area contributed by atoms with Crippen LogP contribution >= 0.6 is 11.8 Å². The van der Waals surface area contributed by atoms with Gasteiger partial charge in [0.2, 0.25) is 0 Å². The molecule has 0 bridgehead atoms. The summed E-state index contributed by atoms with van der Waals surface area (Å²) >= 11 is 1.86. The fourth-order valence-electron chi connectivity index (χ4n) is 2.49. The fraction of sp³-hybridized carbons (Fsp3) is 0.462. The number of hydrogen-bond acceptors (Lipinski definition) is 2. The Morgan fingerprint density at radius 1 is 1.00 bits per heavy atom. The van der Waals surface area contributed by atoms with Gasteiger partial charge in [-0.3, -0.25) is 4.79 Å². The predicted molar refractivity (Wildman–Crippen MR) is 62.8 cm³/mol. The molecule has 0 atom stereocenters. The van der Waals surface area contributed by atoms with E-state index in [1.807, 2.05) is 11.8 Å². The first kappa shape index (κ1) is 9.46. The molecule has 0 saturated carbocycles. The number of benzene rings is 1. The highest BCUT2D eigenvalue weighted by Crippen LogP contribution is 2.34. The Hall–Kier alpha value is -0.760. The molecule has 0 fully saturated rings. The average Bonchev–Trinajstić information content (AvgIpc) is 2.62. The molecule has 2 aliphatic rings. The van der Waals surface area contributed by atoms with Gasteiger partial charge in [0.15, 0.2) is 5.78 Å². The molecular formula is C13H14OS. The van der Waals surface area contributed by atoms with E-state index in [4.69, 9.17) is 0 Å². The highest BCUT2D eigenvalue weighted by Gasteiger charge is 2.20. The van der Waals surface area contributed by atoms with Gasteiger partial charge in [0, 0.05) is 16.9 Å². The van der Waals surface area contributed by atoms with Gasteiger partial charge in [0.25, 0.3) is 0 Å². The standard InChI is InChI=1S/C13H14OS/c14-12-5-2-6-15-13-8-10-4-1-3-9(10)7-11(12)13/h7-8H,1-6H2. The first-order valence-corrected chi connectivity index (χ1v) is 6.65. The van der Waals surface area contributed by atoms with Crippen LogP contribution in [-0.4, -0.2) is 11.5 Å². The monoisotopic (exact) mass is 218 g/mol. The highest BCUT2D eigenvalue weighted by atomic mass is 32.2. The largest absolute Gasteiger partial charge is 0.294 e. The number of hydrogen-bond donors (Lipinski definition) is 0. The van der Waals surface area contributed by atoms with Crippen LogP contribution in [-0.2, 0) is 12.8 Å². The minimum atomic E-state index is 0.352. The van der Waals surface area contributed by atoms with Gasteiger partial charge in [-0.15, -0.1) is 11.8 Å². The van der Waals surface area contributed by atoms with Gasteiger partial charge in [-0.1, -0.05) is 0 Å². The Balaban J connectivity index is 2.13. The van der Waals surface area contributed by atoms with Crippen LogP contribution in [0.1, 0.15) is 40.7 Å². The predicted octanol–water partition coefficient (Wildman–Crippen LogP) is 3.24.